The minimum atomic E-state index is -0.767. The van der Waals surface area contributed by atoms with E-state index >= 15 is 0 Å². The van der Waals surface area contributed by atoms with Crippen LogP contribution < -0.4 is 5.56 Å². The van der Waals surface area contributed by atoms with Crippen LogP contribution in [0.2, 0.25) is 0 Å². The minimum Gasteiger partial charge on any atom is -0.459 e. The first-order valence-corrected chi connectivity index (χ1v) is 9.77. The molecule has 2 aromatic heterocycles. The average molecular weight is 390 g/mol. The molecule has 0 N–H and O–H groups in total. The number of aromatic nitrogens is 2. The second kappa shape index (κ2) is 7.78. The van der Waals surface area contributed by atoms with E-state index in [1.165, 1.54) is 22.2 Å². The quantitative estimate of drug-likeness (QED) is 0.473. The van der Waals surface area contributed by atoms with Crippen molar-refractivity contribution in [3.05, 3.63) is 88.3 Å². The van der Waals surface area contributed by atoms with Crippen LogP contribution in [0.15, 0.2) is 77.2 Å². The summed E-state index contributed by atoms with van der Waals surface area (Å²) >= 11 is 1.42. The number of hydrogen-bond donors (Lipinski definition) is 0. The zero-order valence-electron chi connectivity index (χ0n) is 15.2. The van der Waals surface area contributed by atoms with E-state index in [1.807, 2.05) is 66.0 Å². The van der Waals surface area contributed by atoms with Crippen LogP contribution in [0.1, 0.15) is 18.5 Å². The summed E-state index contributed by atoms with van der Waals surface area (Å²) in [6.45, 7) is 1.82. The Morgan fingerprint density at radius 2 is 1.79 bits per heavy atom. The van der Waals surface area contributed by atoms with Crippen molar-refractivity contribution in [2.45, 2.75) is 19.6 Å². The van der Waals surface area contributed by atoms with Crippen molar-refractivity contribution in [3.63, 3.8) is 0 Å². The Hall–Kier alpha value is -3.25. The van der Waals surface area contributed by atoms with Gasteiger partial charge >= 0.3 is 5.97 Å². The van der Waals surface area contributed by atoms with Crippen molar-refractivity contribution in [2.24, 2.45) is 0 Å². The molecule has 2 aromatic carbocycles. The standard InChI is InChI=1S/C22H18N2O3S/c1-15(22(26)27-12-16-8-4-2-5-9-16)24-14-23-20-19(21(24)25)18(13-28-20)17-10-6-3-7-11-17/h2-11,13-15H,12H2,1H3/t15-/m1/s1. The lowest BCUT2D eigenvalue weighted by atomic mass is 10.1. The molecular weight excluding hydrogens is 372 g/mol. The molecular formula is C22H18N2O3S. The second-order valence-corrected chi connectivity index (χ2v) is 7.28. The maximum atomic E-state index is 13.1. The monoisotopic (exact) mass is 390 g/mol. The first-order chi connectivity index (χ1) is 13.6. The van der Waals surface area contributed by atoms with Crippen LogP contribution in [0.25, 0.3) is 21.3 Å². The van der Waals surface area contributed by atoms with E-state index in [4.69, 9.17) is 4.74 Å². The van der Waals surface area contributed by atoms with E-state index in [-0.39, 0.29) is 12.2 Å². The molecule has 0 saturated heterocycles. The minimum absolute atomic E-state index is 0.169. The summed E-state index contributed by atoms with van der Waals surface area (Å²) < 4.78 is 6.73. The van der Waals surface area contributed by atoms with Gasteiger partial charge in [-0.05, 0) is 18.1 Å². The normalized spacial score (nSPS) is 12.0. The SMILES string of the molecule is C[C@H](C(=O)OCc1ccccc1)n1cnc2scc(-c3ccccc3)c2c1=O. The van der Waals surface area contributed by atoms with Gasteiger partial charge in [0.2, 0.25) is 0 Å². The predicted octanol–water partition coefficient (Wildman–Crippen LogP) is 4.43. The molecule has 4 aromatic rings. The van der Waals surface area contributed by atoms with Crippen molar-refractivity contribution in [3.8, 4) is 11.1 Å². The van der Waals surface area contributed by atoms with Crippen molar-refractivity contribution in [2.75, 3.05) is 0 Å². The molecule has 6 heteroatoms. The van der Waals surface area contributed by atoms with E-state index in [0.29, 0.717) is 10.2 Å². The highest BCUT2D eigenvalue weighted by Crippen LogP contribution is 2.30. The van der Waals surface area contributed by atoms with Gasteiger partial charge < -0.3 is 4.74 Å². The van der Waals surface area contributed by atoms with Crippen LogP contribution in [0, 0.1) is 0 Å². The smallest absolute Gasteiger partial charge is 0.329 e. The van der Waals surface area contributed by atoms with Crippen LogP contribution in [-0.2, 0) is 16.1 Å². The van der Waals surface area contributed by atoms with Crippen molar-refractivity contribution >= 4 is 27.5 Å². The Morgan fingerprint density at radius 1 is 1.11 bits per heavy atom. The molecule has 5 nitrogen and oxygen atoms in total. The highest BCUT2D eigenvalue weighted by molar-refractivity contribution is 7.17. The number of hydrogen-bond acceptors (Lipinski definition) is 5. The van der Waals surface area contributed by atoms with E-state index in [9.17, 15) is 9.59 Å². The molecule has 0 aliphatic heterocycles. The summed E-state index contributed by atoms with van der Waals surface area (Å²) in [6.07, 6.45) is 1.42. The van der Waals surface area contributed by atoms with Gasteiger partial charge in [0.15, 0.2) is 0 Å². The van der Waals surface area contributed by atoms with Gasteiger partial charge in [0.25, 0.3) is 5.56 Å². The van der Waals surface area contributed by atoms with Gasteiger partial charge in [0.05, 0.1) is 11.7 Å². The third kappa shape index (κ3) is 3.46. The summed E-state index contributed by atoms with van der Waals surface area (Å²) in [5, 5.41) is 2.46. The molecule has 0 amide bonds. The number of carbonyl (C=O) groups is 1. The topological polar surface area (TPSA) is 61.2 Å². The first kappa shape index (κ1) is 18.1. The number of carbonyl (C=O) groups excluding carboxylic acids is 1. The maximum Gasteiger partial charge on any atom is 0.329 e. The van der Waals surface area contributed by atoms with Gasteiger partial charge in [0, 0.05) is 10.9 Å². The molecule has 0 fully saturated rings. The van der Waals surface area contributed by atoms with Gasteiger partial charge in [-0.1, -0.05) is 60.7 Å². The molecule has 1 atom stereocenters. The highest BCUT2D eigenvalue weighted by atomic mass is 32.1. The molecule has 2 heterocycles. The molecule has 0 aliphatic carbocycles. The summed E-state index contributed by atoms with van der Waals surface area (Å²) in [6, 6.07) is 18.4. The molecule has 0 spiro atoms. The van der Waals surface area contributed by atoms with Gasteiger partial charge in [0.1, 0.15) is 17.5 Å². The Morgan fingerprint density at radius 3 is 2.50 bits per heavy atom. The fraction of sp³-hybridized carbons (Fsp3) is 0.136. The van der Waals surface area contributed by atoms with Crippen molar-refractivity contribution in [1.82, 2.24) is 9.55 Å². The average Bonchev–Trinajstić information content (AvgIpc) is 3.18. The van der Waals surface area contributed by atoms with Crippen molar-refractivity contribution in [1.29, 1.82) is 0 Å². The molecule has 0 bridgehead atoms. The molecule has 0 saturated carbocycles. The molecule has 140 valence electrons. The Labute approximate surface area is 165 Å². The largest absolute Gasteiger partial charge is 0.459 e. The third-order valence-corrected chi connectivity index (χ3v) is 5.47. The third-order valence-electron chi connectivity index (χ3n) is 4.59. The molecule has 0 unspecified atom stereocenters. The molecule has 28 heavy (non-hydrogen) atoms. The lowest BCUT2D eigenvalue weighted by Gasteiger charge is -2.14. The number of thiophene rings is 1. The number of fused-ring (bicyclic) bond motifs is 1. The Kier molecular flexibility index (Phi) is 5.04. The summed E-state index contributed by atoms with van der Waals surface area (Å²) in [4.78, 5) is 30.7. The summed E-state index contributed by atoms with van der Waals surface area (Å²) in [5.74, 6) is -0.469. The fourth-order valence-electron chi connectivity index (χ4n) is 3.01. The first-order valence-electron chi connectivity index (χ1n) is 8.89. The maximum absolute atomic E-state index is 13.1. The second-order valence-electron chi connectivity index (χ2n) is 6.42. The van der Waals surface area contributed by atoms with E-state index in [1.54, 1.807) is 6.92 Å². The van der Waals surface area contributed by atoms with Crippen LogP contribution in [0.5, 0.6) is 0 Å². The number of ether oxygens (including phenoxy) is 1. The molecule has 0 radical (unpaired) electrons. The highest BCUT2D eigenvalue weighted by Gasteiger charge is 2.21. The summed E-state index contributed by atoms with van der Waals surface area (Å²) in [7, 11) is 0. The number of benzene rings is 2. The van der Waals surface area contributed by atoms with Gasteiger partial charge in [-0.25, -0.2) is 9.78 Å². The van der Waals surface area contributed by atoms with E-state index in [0.717, 1.165) is 16.7 Å². The van der Waals surface area contributed by atoms with Gasteiger partial charge in [-0.2, -0.15) is 0 Å². The number of rotatable bonds is 5. The van der Waals surface area contributed by atoms with Crippen LogP contribution >= 0.6 is 11.3 Å². The fourth-order valence-corrected chi connectivity index (χ4v) is 3.92. The molecule has 4 rings (SSSR count). The van der Waals surface area contributed by atoms with Gasteiger partial charge in [-0.3, -0.25) is 9.36 Å². The van der Waals surface area contributed by atoms with E-state index in [2.05, 4.69) is 4.98 Å². The summed E-state index contributed by atoms with van der Waals surface area (Å²) in [5.41, 5.74) is 2.43. The number of nitrogens with zero attached hydrogens (tertiary/aromatic N) is 2. The lowest BCUT2D eigenvalue weighted by Crippen LogP contribution is -2.29. The zero-order chi connectivity index (χ0) is 19.5. The Bertz CT molecular complexity index is 1170. The number of esters is 1. The van der Waals surface area contributed by atoms with Gasteiger partial charge in [-0.15, -0.1) is 11.3 Å². The van der Waals surface area contributed by atoms with Crippen LogP contribution in [0.3, 0.4) is 0 Å². The Balaban J connectivity index is 1.64. The van der Waals surface area contributed by atoms with Crippen LogP contribution in [0.4, 0.5) is 0 Å². The lowest BCUT2D eigenvalue weighted by molar-refractivity contribution is -0.148. The van der Waals surface area contributed by atoms with Crippen molar-refractivity contribution < 1.29 is 9.53 Å². The zero-order valence-corrected chi connectivity index (χ0v) is 16.1. The molecule has 0 aliphatic rings. The van der Waals surface area contributed by atoms with E-state index < -0.39 is 12.0 Å². The predicted molar refractivity (Wildman–Crippen MR) is 110 cm³/mol. The van der Waals surface area contributed by atoms with Crippen LogP contribution in [-0.4, -0.2) is 15.5 Å².